The average molecular weight is 424 g/mol. The number of aromatic nitrogens is 1. The van der Waals surface area contributed by atoms with Gasteiger partial charge in [-0.05, 0) is 56.2 Å². The molecule has 1 aliphatic heterocycles. The second-order valence-corrected chi connectivity index (χ2v) is 10.2. The maximum Gasteiger partial charge on any atom is 0.230 e. The average Bonchev–Trinajstić information content (AvgIpc) is 3.12. The summed E-state index contributed by atoms with van der Waals surface area (Å²) in [5.41, 5.74) is 4.27. The first kappa shape index (κ1) is 19.7. The van der Waals surface area contributed by atoms with Crippen LogP contribution in [0.25, 0.3) is 11.3 Å². The number of nitrogens with zero attached hydrogens (tertiary/aromatic N) is 2. The Morgan fingerprint density at radius 3 is 2.77 bits per heavy atom. The van der Waals surface area contributed by atoms with Gasteiger partial charge in [-0.1, -0.05) is 31.7 Å². The van der Waals surface area contributed by atoms with Crippen LogP contribution in [0, 0.1) is 18.8 Å². The number of hydrogen-bond acceptors (Lipinski definition) is 4. The number of benzene rings is 1. The molecule has 0 bridgehead atoms. The van der Waals surface area contributed by atoms with E-state index in [1.165, 1.54) is 42.6 Å². The maximum absolute atomic E-state index is 12.5. The fourth-order valence-electron chi connectivity index (χ4n) is 4.86. The van der Waals surface area contributed by atoms with Crippen LogP contribution in [0.2, 0.25) is 0 Å². The summed E-state index contributed by atoms with van der Waals surface area (Å²) >= 11 is 1.54. The number of aryl methyl sites for hydroxylation is 1. The van der Waals surface area contributed by atoms with Crippen LogP contribution in [-0.4, -0.2) is 23.3 Å². The zero-order chi connectivity index (χ0) is 20.7. The highest BCUT2D eigenvalue weighted by Gasteiger charge is 2.36. The molecule has 5 rings (SSSR count). The zero-order valence-electron chi connectivity index (χ0n) is 17.6. The summed E-state index contributed by atoms with van der Waals surface area (Å²) in [7, 11) is 0. The zero-order valence-corrected chi connectivity index (χ0v) is 18.4. The number of carbonyl (C=O) groups excluding carboxylic acids is 2. The summed E-state index contributed by atoms with van der Waals surface area (Å²) in [4.78, 5) is 32.6. The number of carbonyl (C=O) groups is 2. The normalized spacial score (nSPS) is 18.6. The van der Waals surface area contributed by atoms with Crippen molar-refractivity contribution in [1.29, 1.82) is 0 Å². The number of thiazole rings is 1. The van der Waals surface area contributed by atoms with Crippen LogP contribution < -0.4 is 10.2 Å². The Labute approximate surface area is 181 Å². The first-order valence-electron chi connectivity index (χ1n) is 11.3. The molecule has 6 heteroatoms. The predicted octanol–water partition coefficient (Wildman–Crippen LogP) is 5.33. The Kier molecular flexibility index (Phi) is 5.35. The lowest BCUT2D eigenvalue weighted by atomic mass is 10.0. The van der Waals surface area contributed by atoms with E-state index < -0.39 is 0 Å². The minimum absolute atomic E-state index is 0.0744. The number of amides is 2. The second-order valence-electron chi connectivity index (χ2n) is 9.02. The van der Waals surface area contributed by atoms with E-state index in [-0.39, 0.29) is 17.7 Å². The third kappa shape index (κ3) is 4.02. The predicted molar refractivity (Wildman–Crippen MR) is 121 cm³/mol. The Morgan fingerprint density at radius 2 is 2.00 bits per heavy atom. The molecule has 5 nitrogen and oxygen atoms in total. The SMILES string of the molecule is Cc1sc(NC(=O)CCC2CCCC2)nc1-c1ccc2c(c1)CCN2C(=O)C1CC1. The van der Waals surface area contributed by atoms with Gasteiger partial charge < -0.3 is 10.2 Å². The Bertz CT molecular complexity index is 973. The summed E-state index contributed by atoms with van der Waals surface area (Å²) in [5.74, 6) is 1.33. The minimum Gasteiger partial charge on any atom is -0.312 e. The lowest BCUT2D eigenvalue weighted by molar-refractivity contribution is -0.119. The van der Waals surface area contributed by atoms with E-state index in [9.17, 15) is 9.59 Å². The fraction of sp³-hybridized carbons (Fsp3) is 0.542. The molecule has 0 spiro atoms. The molecule has 1 aromatic heterocycles. The molecular formula is C24H29N3O2S. The molecule has 0 saturated heterocycles. The van der Waals surface area contributed by atoms with Crippen LogP contribution in [0.3, 0.4) is 0 Å². The number of fused-ring (bicyclic) bond motifs is 1. The van der Waals surface area contributed by atoms with Crippen LogP contribution in [0.5, 0.6) is 0 Å². The summed E-state index contributed by atoms with van der Waals surface area (Å²) in [5, 5.41) is 3.69. The van der Waals surface area contributed by atoms with Crippen LogP contribution in [-0.2, 0) is 16.0 Å². The molecule has 2 heterocycles. The molecule has 2 aromatic rings. The topological polar surface area (TPSA) is 62.3 Å². The second kappa shape index (κ2) is 8.14. The molecule has 0 atom stereocenters. The van der Waals surface area contributed by atoms with Gasteiger partial charge in [-0.2, -0.15) is 0 Å². The smallest absolute Gasteiger partial charge is 0.230 e. The maximum atomic E-state index is 12.5. The van der Waals surface area contributed by atoms with Gasteiger partial charge in [0.1, 0.15) is 0 Å². The van der Waals surface area contributed by atoms with E-state index in [0.717, 1.165) is 60.0 Å². The number of anilines is 2. The van der Waals surface area contributed by atoms with Gasteiger partial charge in [0.25, 0.3) is 0 Å². The largest absolute Gasteiger partial charge is 0.312 e. The van der Waals surface area contributed by atoms with E-state index in [2.05, 4.69) is 30.4 Å². The highest BCUT2D eigenvalue weighted by Crippen LogP contribution is 2.39. The molecule has 158 valence electrons. The van der Waals surface area contributed by atoms with Crippen molar-refractivity contribution in [2.24, 2.45) is 11.8 Å². The Morgan fingerprint density at radius 1 is 1.20 bits per heavy atom. The lowest BCUT2D eigenvalue weighted by Crippen LogP contribution is -2.30. The first-order valence-corrected chi connectivity index (χ1v) is 12.1. The highest BCUT2D eigenvalue weighted by molar-refractivity contribution is 7.16. The quantitative estimate of drug-likeness (QED) is 0.683. The Hall–Kier alpha value is -2.21. The van der Waals surface area contributed by atoms with Gasteiger partial charge in [0.2, 0.25) is 11.8 Å². The number of hydrogen-bond donors (Lipinski definition) is 1. The van der Waals surface area contributed by atoms with Crippen molar-refractivity contribution >= 4 is 34.0 Å². The van der Waals surface area contributed by atoms with E-state index in [4.69, 9.17) is 4.98 Å². The molecule has 0 unspecified atom stereocenters. The van der Waals surface area contributed by atoms with Crippen molar-refractivity contribution in [1.82, 2.24) is 4.98 Å². The van der Waals surface area contributed by atoms with Gasteiger partial charge in [-0.15, -0.1) is 11.3 Å². The van der Waals surface area contributed by atoms with E-state index >= 15 is 0 Å². The van der Waals surface area contributed by atoms with Gasteiger partial charge in [0.05, 0.1) is 5.69 Å². The highest BCUT2D eigenvalue weighted by atomic mass is 32.1. The van der Waals surface area contributed by atoms with Crippen LogP contribution >= 0.6 is 11.3 Å². The van der Waals surface area contributed by atoms with Crippen molar-refractivity contribution < 1.29 is 9.59 Å². The Balaban J connectivity index is 1.26. The van der Waals surface area contributed by atoms with Crippen LogP contribution in [0.15, 0.2) is 18.2 Å². The van der Waals surface area contributed by atoms with E-state index in [1.807, 2.05) is 4.90 Å². The number of nitrogens with one attached hydrogen (secondary N) is 1. The molecule has 0 radical (unpaired) electrons. The standard InChI is InChI=1S/C24H29N3O2S/c1-15-22(26-24(30-15)25-21(28)11-6-16-4-2-3-5-16)19-9-10-20-18(14-19)12-13-27(20)23(29)17-7-8-17/h9-10,14,16-17H,2-8,11-13H2,1H3,(H,25,26,28). The molecular weight excluding hydrogens is 394 g/mol. The summed E-state index contributed by atoms with van der Waals surface area (Å²) < 4.78 is 0. The molecule has 1 aromatic carbocycles. The monoisotopic (exact) mass is 423 g/mol. The van der Waals surface area contributed by atoms with Crippen LogP contribution in [0.4, 0.5) is 10.8 Å². The van der Waals surface area contributed by atoms with Crippen molar-refractivity contribution in [3.8, 4) is 11.3 Å². The third-order valence-electron chi connectivity index (χ3n) is 6.74. The van der Waals surface area contributed by atoms with Gasteiger partial charge in [-0.3, -0.25) is 9.59 Å². The van der Waals surface area contributed by atoms with E-state index in [1.54, 1.807) is 0 Å². The fourth-order valence-corrected chi connectivity index (χ4v) is 5.71. The summed E-state index contributed by atoms with van der Waals surface area (Å²) in [6.07, 6.45) is 9.72. The van der Waals surface area contributed by atoms with Crippen molar-refractivity contribution in [2.75, 3.05) is 16.8 Å². The molecule has 3 aliphatic rings. The van der Waals surface area contributed by atoms with Crippen molar-refractivity contribution in [3.05, 3.63) is 28.6 Å². The van der Waals surface area contributed by atoms with E-state index in [0.29, 0.717) is 11.6 Å². The molecule has 2 fully saturated rings. The van der Waals surface area contributed by atoms with Gasteiger partial charge >= 0.3 is 0 Å². The summed E-state index contributed by atoms with van der Waals surface area (Å²) in [6, 6.07) is 6.30. The van der Waals surface area contributed by atoms with Gasteiger partial charge in [-0.25, -0.2) is 4.98 Å². The molecule has 2 saturated carbocycles. The molecule has 2 amide bonds. The van der Waals surface area contributed by atoms with Gasteiger partial charge in [0.15, 0.2) is 5.13 Å². The molecule has 30 heavy (non-hydrogen) atoms. The van der Waals surface area contributed by atoms with Gasteiger partial charge in [0, 0.05) is 35.0 Å². The third-order valence-corrected chi connectivity index (χ3v) is 7.62. The summed E-state index contributed by atoms with van der Waals surface area (Å²) in [6.45, 7) is 2.84. The molecule has 1 N–H and O–H groups in total. The van der Waals surface area contributed by atoms with Crippen molar-refractivity contribution in [3.63, 3.8) is 0 Å². The van der Waals surface area contributed by atoms with Crippen LogP contribution in [0.1, 0.15) is 61.8 Å². The number of rotatable bonds is 6. The lowest BCUT2D eigenvalue weighted by Gasteiger charge is -2.17. The van der Waals surface area contributed by atoms with Crippen molar-refractivity contribution in [2.45, 2.75) is 64.7 Å². The molecule has 2 aliphatic carbocycles. The first-order chi connectivity index (χ1) is 14.6. The minimum atomic E-state index is 0.0744.